The number of anilines is 1. The third kappa shape index (κ3) is 1.32. The average molecular weight is 282 g/mol. The number of nitrogens with two attached hydrogens (primary N) is 1. The Hall–Kier alpha value is -1.58. The van der Waals surface area contributed by atoms with Crippen molar-refractivity contribution in [1.82, 2.24) is 14.5 Å². The summed E-state index contributed by atoms with van der Waals surface area (Å²) in [4.78, 5) is 9.11. The van der Waals surface area contributed by atoms with E-state index in [2.05, 4.69) is 23.4 Å². The van der Waals surface area contributed by atoms with E-state index in [1.807, 2.05) is 6.92 Å². The SMILES string of the molecule is Cc1nc(N)c2c(C)c(C)n(C3C4C5CCC(C5)C43)c2n1. The van der Waals surface area contributed by atoms with E-state index in [0.29, 0.717) is 11.9 Å². The molecule has 21 heavy (non-hydrogen) atoms. The van der Waals surface area contributed by atoms with E-state index in [1.165, 1.54) is 30.5 Å². The van der Waals surface area contributed by atoms with E-state index in [-0.39, 0.29) is 0 Å². The maximum atomic E-state index is 6.18. The van der Waals surface area contributed by atoms with Gasteiger partial charge in [-0.3, -0.25) is 0 Å². The molecule has 2 heterocycles. The van der Waals surface area contributed by atoms with Crippen LogP contribution in [0.5, 0.6) is 0 Å². The van der Waals surface area contributed by atoms with Crippen molar-refractivity contribution in [3.63, 3.8) is 0 Å². The molecule has 4 atom stereocenters. The second-order valence-corrected chi connectivity index (χ2v) is 7.41. The Labute approximate surface area is 124 Å². The average Bonchev–Trinajstić information content (AvgIpc) is 2.76. The highest BCUT2D eigenvalue weighted by Gasteiger charge is 2.66. The minimum absolute atomic E-state index is 0.644. The Morgan fingerprint density at radius 3 is 2.38 bits per heavy atom. The van der Waals surface area contributed by atoms with Gasteiger partial charge in [-0.2, -0.15) is 0 Å². The fourth-order valence-corrected chi connectivity index (χ4v) is 5.62. The molecule has 3 aliphatic rings. The first-order chi connectivity index (χ1) is 10.1. The Morgan fingerprint density at radius 2 is 1.71 bits per heavy atom. The third-order valence-electron chi connectivity index (χ3n) is 6.53. The predicted molar refractivity (Wildman–Crippen MR) is 83.0 cm³/mol. The van der Waals surface area contributed by atoms with E-state index in [0.717, 1.165) is 40.5 Å². The zero-order valence-corrected chi connectivity index (χ0v) is 12.9. The molecule has 0 aromatic carbocycles. The zero-order chi connectivity index (χ0) is 14.5. The van der Waals surface area contributed by atoms with Crippen LogP contribution in [0.3, 0.4) is 0 Å². The molecule has 3 aliphatic carbocycles. The van der Waals surface area contributed by atoms with E-state index >= 15 is 0 Å². The van der Waals surface area contributed by atoms with Crippen LogP contribution in [0.1, 0.15) is 42.4 Å². The Kier molecular flexibility index (Phi) is 2.06. The van der Waals surface area contributed by atoms with Gasteiger partial charge in [0, 0.05) is 11.7 Å². The Morgan fingerprint density at radius 1 is 1.05 bits per heavy atom. The molecule has 0 spiro atoms. The van der Waals surface area contributed by atoms with E-state index < -0.39 is 0 Å². The lowest BCUT2D eigenvalue weighted by Gasteiger charge is -2.13. The van der Waals surface area contributed by atoms with Crippen LogP contribution in [0, 0.1) is 44.4 Å². The molecule has 5 rings (SSSR count). The van der Waals surface area contributed by atoms with Crippen LogP contribution >= 0.6 is 0 Å². The molecule has 4 heteroatoms. The number of hydrogen-bond donors (Lipinski definition) is 1. The van der Waals surface area contributed by atoms with Gasteiger partial charge in [0.05, 0.1) is 5.39 Å². The number of nitrogens with zero attached hydrogens (tertiary/aromatic N) is 3. The van der Waals surface area contributed by atoms with Crippen molar-refractivity contribution in [2.75, 3.05) is 5.73 Å². The Bertz CT molecular complexity index is 759. The first-order valence-corrected chi connectivity index (χ1v) is 8.19. The van der Waals surface area contributed by atoms with Crippen molar-refractivity contribution in [1.29, 1.82) is 0 Å². The van der Waals surface area contributed by atoms with Gasteiger partial charge in [0.15, 0.2) is 0 Å². The summed E-state index contributed by atoms with van der Waals surface area (Å²) in [7, 11) is 0. The number of hydrogen-bond acceptors (Lipinski definition) is 3. The highest BCUT2D eigenvalue weighted by atomic mass is 15.2. The second kappa shape index (κ2) is 3.60. The van der Waals surface area contributed by atoms with Gasteiger partial charge in [0.25, 0.3) is 0 Å². The molecular weight excluding hydrogens is 260 g/mol. The van der Waals surface area contributed by atoms with Crippen LogP contribution in [0.25, 0.3) is 11.0 Å². The van der Waals surface area contributed by atoms with E-state index in [1.54, 1.807) is 0 Å². The van der Waals surface area contributed by atoms with Crippen LogP contribution in [0.4, 0.5) is 5.82 Å². The smallest absolute Gasteiger partial charge is 0.146 e. The highest BCUT2D eigenvalue weighted by molar-refractivity contribution is 5.91. The first-order valence-electron chi connectivity index (χ1n) is 8.19. The third-order valence-corrected chi connectivity index (χ3v) is 6.53. The highest BCUT2D eigenvalue weighted by Crippen LogP contribution is 2.72. The lowest BCUT2D eigenvalue weighted by atomic mass is 10.0. The molecule has 4 nitrogen and oxygen atoms in total. The van der Waals surface area contributed by atoms with Gasteiger partial charge in [-0.1, -0.05) is 0 Å². The molecule has 3 fully saturated rings. The molecule has 2 N–H and O–H groups in total. The summed E-state index contributed by atoms with van der Waals surface area (Å²) >= 11 is 0. The van der Waals surface area contributed by atoms with Crippen LogP contribution < -0.4 is 5.73 Å². The number of aromatic nitrogens is 3. The molecular formula is C17H22N4. The molecule has 3 saturated carbocycles. The van der Waals surface area contributed by atoms with Gasteiger partial charge in [0.2, 0.25) is 0 Å². The number of fused-ring (bicyclic) bond motifs is 6. The Balaban J connectivity index is 1.73. The minimum Gasteiger partial charge on any atom is -0.383 e. The van der Waals surface area contributed by atoms with Crippen molar-refractivity contribution in [3.05, 3.63) is 17.1 Å². The fraction of sp³-hybridized carbons (Fsp3) is 0.647. The maximum absolute atomic E-state index is 6.18. The van der Waals surface area contributed by atoms with Gasteiger partial charge >= 0.3 is 0 Å². The summed E-state index contributed by atoms with van der Waals surface area (Å²) in [5.41, 5.74) is 9.86. The van der Waals surface area contributed by atoms with Gasteiger partial charge in [-0.25, -0.2) is 9.97 Å². The molecule has 110 valence electrons. The van der Waals surface area contributed by atoms with Crippen LogP contribution in [0.15, 0.2) is 0 Å². The zero-order valence-electron chi connectivity index (χ0n) is 12.9. The lowest BCUT2D eigenvalue weighted by Crippen LogP contribution is -2.08. The lowest BCUT2D eigenvalue weighted by molar-refractivity contribution is 0.455. The van der Waals surface area contributed by atoms with Crippen molar-refractivity contribution in [3.8, 4) is 0 Å². The van der Waals surface area contributed by atoms with Gasteiger partial charge < -0.3 is 10.3 Å². The van der Waals surface area contributed by atoms with Crippen LogP contribution in [0.2, 0.25) is 0 Å². The minimum atomic E-state index is 0.644. The summed E-state index contributed by atoms with van der Waals surface area (Å²) in [6, 6.07) is 0.682. The standard InChI is InChI=1S/C17H22N4/c1-7-8(2)21(17-12(7)16(18)19-9(3)20-17)15-13-10-4-5-11(6-10)14(13)15/h10-11,13-15H,4-6H2,1-3H3,(H2,18,19,20). The summed E-state index contributed by atoms with van der Waals surface area (Å²) in [5, 5.41) is 1.08. The molecule has 0 saturated heterocycles. The van der Waals surface area contributed by atoms with Crippen molar-refractivity contribution in [2.45, 2.75) is 46.1 Å². The van der Waals surface area contributed by atoms with E-state index in [9.17, 15) is 0 Å². The van der Waals surface area contributed by atoms with Crippen molar-refractivity contribution in [2.24, 2.45) is 23.7 Å². The van der Waals surface area contributed by atoms with Crippen LogP contribution in [-0.2, 0) is 0 Å². The molecule has 2 aromatic rings. The summed E-state index contributed by atoms with van der Waals surface area (Å²) in [5.74, 6) is 5.20. The molecule has 2 bridgehead atoms. The predicted octanol–water partition coefficient (Wildman–Crippen LogP) is 3.16. The van der Waals surface area contributed by atoms with E-state index in [4.69, 9.17) is 10.7 Å². The van der Waals surface area contributed by atoms with Gasteiger partial charge in [0.1, 0.15) is 17.3 Å². The van der Waals surface area contributed by atoms with Crippen LogP contribution in [-0.4, -0.2) is 14.5 Å². The normalized spacial score (nSPS) is 36.4. The van der Waals surface area contributed by atoms with Crippen molar-refractivity contribution >= 4 is 16.9 Å². The first kappa shape index (κ1) is 12.0. The summed E-state index contributed by atoms with van der Waals surface area (Å²) in [6.07, 6.45) is 4.39. The number of nitrogen functional groups attached to an aromatic ring is 1. The van der Waals surface area contributed by atoms with Crippen molar-refractivity contribution < 1.29 is 0 Å². The summed E-state index contributed by atoms with van der Waals surface area (Å²) < 4.78 is 2.51. The molecule has 0 radical (unpaired) electrons. The van der Waals surface area contributed by atoms with Gasteiger partial charge in [-0.05, 0) is 69.3 Å². The summed E-state index contributed by atoms with van der Waals surface area (Å²) in [6.45, 7) is 6.33. The quantitative estimate of drug-likeness (QED) is 0.874. The molecule has 0 amide bonds. The topological polar surface area (TPSA) is 56.7 Å². The van der Waals surface area contributed by atoms with Gasteiger partial charge in [-0.15, -0.1) is 0 Å². The number of aryl methyl sites for hydroxylation is 2. The largest absolute Gasteiger partial charge is 0.383 e. The number of rotatable bonds is 1. The maximum Gasteiger partial charge on any atom is 0.146 e. The monoisotopic (exact) mass is 282 g/mol. The molecule has 0 aliphatic heterocycles. The molecule has 2 aromatic heterocycles. The second-order valence-electron chi connectivity index (χ2n) is 7.41. The fourth-order valence-electron chi connectivity index (χ4n) is 5.62. The molecule has 4 unspecified atom stereocenters.